The number of para-hydroxylation sites is 1. The summed E-state index contributed by atoms with van der Waals surface area (Å²) in [5, 5.41) is 6.41. The Morgan fingerprint density at radius 2 is 2.18 bits per heavy atom. The predicted octanol–water partition coefficient (Wildman–Crippen LogP) is 2.07. The molecular weight excluding hydrogens is 138 g/mol. The monoisotopic (exact) mass is 149 g/mol. The van der Waals surface area contributed by atoms with Crippen LogP contribution in [0.2, 0.25) is 0 Å². The topological polar surface area (TPSA) is 48.2 Å². The van der Waals surface area contributed by atoms with Crippen molar-refractivity contribution >= 4 is 5.69 Å². The summed E-state index contributed by atoms with van der Waals surface area (Å²) in [5.41, 5.74) is 8.66. The molecule has 0 atom stereocenters. The van der Waals surface area contributed by atoms with Gasteiger partial charge >= 0.3 is 0 Å². The number of hydrogen-bond donors (Lipinski definition) is 2. The van der Waals surface area contributed by atoms with Crippen molar-refractivity contribution in [3.05, 3.63) is 29.8 Å². The van der Waals surface area contributed by atoms with Gasteiger partial charge in [-0.3, -0.25) is 0 Å². The third-order valence-electron chi connectivity index (χ3n) is 1.48. The molecule has 0 saturated heterocycles. The van der Waals surface area contributed by atoms with Crippen LogP contribution in [0.25, 0.3) is 0 Å². The minimum Gasteiger partial charge on any atom is -0.316 e. The molecule has 1 rings (SSSR count). The Balaban J connectivity index is 2.92. The normalized spacial score (nSPS) is 9.55. The van der Waals surface area contributed by atoms with Crippen molar-refractivity contribution in [3.63, 3.8) is 0 Å². The molecule has 0 aliphatic rings. The molecule has 0 fully saturated rings. The Hall–Kier alpha value is -1.22. The van der Waals surface area contributed by atoms with Gasteiger partial charge in [-0.25, -0.2) is 5.53 Å². The molecule has 0 amide bonds. The van der Waals surface area contributed by atoms with Crippen LogP contribution < -0.4 is 5.32 Å². The lowest BCUT2D eigenvalue weighted by Gasteiger charge is -2.01. The standard InChI is InChI=1S/C8H11N3/c1-10-6-7-4-2-3-5-8(7)11-9/h2-5,9-10H,6H2,1H3. The second-order valence-corrected chi connectivity index (χ2v) is 2.27. The molecule has 0 heterocycles. The van der Waals surface area contributed by atoms with E-state index >= 15 is 0 Å². The first-order chi connectivity index (χ1) is 5.38. The summed E-state index contributed by atoms with van der Waals surface area (Å²) >= 11 is 0. The molecule has 2 N–H and O–H groups in total. The van der Waals surface area contributed by atoms with Gasteiger partial charge in [0.05, 0.1) is 5.69 Å². The first-order valence-electron chi connectivity index (χ1n) is 3.48. The number of rotatable bonds is 3. The van der Waals surface area contributed by atoms with Crippen molar-refractivity contribution in [1.82, 2.24) is 5.32 Å². The molecule has 3 heteroatoms. The van der Waals surface area contributed by atoms with E-state index in [1.54, 1.807) is 0 Å². The fraction of sp³-hybridized carbons (Fsp3) is 0.250. The van der Waals surface area contributed by atoms with Crippen LogP contribution in [0.15, 0.2) is 29.4 Å². The van der Waals surface area contributed by atoms with E-state index in [0.717, 1.165) is 17.8 Å². The van der Waals surface area contributed by atoms with E-state index in [9.17, 15) is 0 Å². The number of hydrogen-bond acceptors (Lipinski definition) is 3. The zero-order valence-corrected chi connectivity index (χ0v) is 6.46. The maximum absolute atomic E-state index is 6.86. The Bertz CT molecular complexity index is 245. The molecule has 0 unspecified atom stereocenters. The van der Waals surface area contributed by atoms with Crippen LogP contribution in [0.1, 0.15) is 5.56 Å². The van der Waals surface area contributed by atoms with Gasteiger partial charge in [0.2, 0.25) is 0 Å². The van der Waals surface area contributed by atoms with Gasteiger partial charge in [0.15, 0.2) is 0 Å². The van der Waals surface area contributed by atoms with Crippen LogP contribution in [0.3, 0.4) is 0 Å². The highest BCUT2D eigenvalue weighted by atomic mass is 15.0. The zero-order chi connectivity index (χ0) is 8.10. The average molecular weight is 149 g/mol. The SMILES string of the molecule is CNCc1ccccc1N=N. The summed E-state index contributed by atoms with van der Waals surface area (Å²) < 4.78 is 0. The molecular formula is C8H11N3. The number of nitrogens with zero attached hydrogens (tertiary/aromatic N) is 1. The molecule has 0 aromatic heterocycles. The van der Waals surface area contributed by atoms with E-state index in [-0.39, 0.29) is 0 Å². The lowest BCUT2D eigenvalue weighted by molar-refractivity contribution is 0.815. The van der Waals surface area contributed by atoms with E-state index in [1.165, 1.54) is 0 Å². The summed E-state index contributed by atoms with van der Waals surface area (Å²) in [4.78, 5) is 0. The predicted molar refractivity (Wildman–Crippen MR) is 44.0 cm³/mol. The Kier molecular flexibility index (Phi) is 2.74. The van der Waals surface area contributed by atoms with E-state index in [0.29, 0.717) is 0 Å². The number of nitrogens with one attached hydrogen (secondary N) is 2. The fourth-order valence-corrected chi connectivity index (χ4v) is 0.960. The molecule has 3 nitrogen and oxygen atoms in total. The van der Waals surface area contributed by atoms with E-state index in [4.69, 9.17) is 5.53 Å². The minimum atomic E-state index is 0.738. The molecule has 0 spiro atoms. The Morgan fingerprint density at radius 3 is 2.82 bits per heavy atom. The average Bonchev–Trinajstić information content (AvgIpc) is 2.06. The largest absolute Gasteiger partial charge is 0.316 e. The van der Waals surface area contributed by atoms with Crippen LogP contribution in [-0.4, -0.2) is 7.05 Å². The van der Waals surface area contributed by atoms with Gasteiger partial charge in [-0.1, -0.05) is 18.2 Å². The second kappa shape index (κ2) is 3.83. The molecule has 58 valence electrons. The smallest absolute Gasteiger partial charge is 0.0894 e. The van der Waals surface area contributed by atoms with Crippen molar-refractivity contribution in [2.45, 2.75) is 6.54 Å². The highest BCUT2D eigenvalue weighted by Gasteiger charge is 1.96. The van der Waals surface area contributed by atoms with Crippen LogP contribution >= 0.6 is 0 Å². The van der Waals surface area contributed by atoms with Gasteiger partial charge in [-0.05, 0) is 18.7 Å². The first kappa shape index (κ1) is 7.88. The van der Waals surface area contributed by atoms with Crippen molar-refractivity contribution in [1.29, 1.82) is 5.53 Å². The molecule has 0 saturated carbocycles. The van der Waals surface area contributed by atoms with Gasteiger partial charge in [0.25, 0.3) is 0 Å². The maximum atomic E-state index is 6.86. The molecule has 0 aliphatic heterocycles. The van der Waals surface area contributed by atoms with Gasteiger partial charge in [-0.2, -0.15) is 5.11 Å². The first-order valence-corrected chi connectivity index (χ1v) is 3.48. The highest BCUT2D eigenvalue weighted by molar-refractivity contribution is 5.44. The van der Waals surface area contributed by atoms with Crippen molar-refractivity contribution in [2.24, 2.45) is 5.11 Å². The molecule has 1 aromatic rings. The van der Waals surface area contributed by atoms with Gasteiger partial charge < -0.3 is 5.32 Å². The van der Waals surface area contributed by atoms with Crippen LogP contribution in [0.4, 0.5) is 5.69 Å². The fourth-order valence-electron chi connectivity index (χ4n) is 0.960. The van der Waals surface area contributed by atoms with Crippen LogP contribution in [0.5, 0.6) is 0 Å². The van der Waals surface area contributed by atoms with Crippen LogP contribution in [-0.2, 0) is 6.54 Å². The van der Waals surface area contributed by atoms with Crippen molar-refractivity contribution in [2.75, 3.05) is 7.05 Å². The quantitative estimate of drug-likeness (QED) is 0.635. The van der Waals surface area contributed by atoms with Gasteiger partial charge in [0, 0.05) is 6.54 Å². The van der Waals surface area contributed by atoms with Crippen molar-refractivity contribution in [3.8, 4) is 0 Å². The second-order valence-electron chi connectivity index (χ2n) is 2.27. The molecule has 0 radical (unpaired) electrons. The lowest BCUT2D eigenvalue weighted by atomic mass is 10.2. The van der Waals surface area contributed by atoms with Gasteiger partial charge in [-0.15, -0.1) is 0 Å². The van der Waals surface area contributed by atoms with Gasteiger partial charge in [0.1, 0.15) is 0 Å². The molecule has 0 aliphatic carbocycles. The Morgan fingerprint density at radius 1 is 1.45 bits per heavy atom. The Labute approximate surface area is 65.9 Å². The molecule has 11 heavy (non-hydrogen) atoms. The minimum absolute atomic E-state index is 0.738. The number of benzene rings is 1. The van der Waals surface area contributed by atoms with E-state index in [1.807, 2.05) is 31.3 Å². The lowest BCUT2D eigenvalue weighted by Crippen LogP contribution is -2.04. The summed E-state index contributed by atoms with van der Waals surface area (Å²) in [6.07, 6.45) is 0. The third kappa shape index (κ3) is 1.85. The summed E-state index contributed by atoms with van der Waals surface area (Å²) in [6, 6.07) is 7.62. The molecule has 1 aromatic carbocycles. The summed E-state index contributed by atoms with van der Waals surface area (Å²) in [7, 11) is 1.88. The third-order valence-corrected chi connectivity index (χ3v) is 1.48. The van der Waals surface area contributed by atoms with Crippen molar-refractivity contribution < 1.29 is 0 Å². The van der Waals surface area contributed by atoms with E-state index in [2.05, 4.69) is 10.4 Å². The highest BCUT2D eigenvalue weighted by Crippen LogP contribution is 2.17. The van der Waals surface area contributed by atoms with Crippen LogP contribution in [0, 0.1) is 5.53 Å². The summed E-state index contributed by atoms with van der Waals surface area (Å²) in [5.74, 6) is 0. The molecule has 0 bridgehead atoms. The zero-order valence-electron chi connectivity index (χ0n) is 6.46. The summed E-state index contributed by atoms with van der Waals surface area (Å²) in [6.45, 7) is 0.762. The maximum Gasteiger partial charge on any atom is 0.0894 e. The van der Waals surface area contributed by atoms with E-state index < -0.39 is 0 Å².